The minimum absolute atomic E-state index is 0.0106. The minimum Gasteiger partial charge on any atom is -0.338 e. The molecule has 0 aliphatic carbocycles. The van der Waals surface area contributed by atoms with Gasteiger partial charge < -0.3 is 9.80 Å². The molecule has 0 radical (unpaired) electrons. The Morgan fingerprint density at radius 2 is 1.89 bits per heavy atom. The van der Waals surface area contributed by atoms with Crippen LogP contribution in [0.4, 0.5) is 0 Å². The number of aromatic nitrogens is 3. The number of benzene rings is 1. The highest BCUT2D eigenvalue weighted by atomic mass is 16.2. The van der Waals surface area contributed by atoms with Crippen molar-refractivity contribution in [2.75, 3.05) is 19.6 Å². The molecule has 0 N–H and O–H groups in total. The van der Waals surface area contributed by atoms with Crippen LogP contribution in [0.5, 0.6) is 0 Å². The number of nitrogens with zero attached hydrogens (tertiary/aromatic N) is 5. The molecule has 1 aromatic carbocycles. The van der Waals surface area contributed by atoms with Crippen LogP contribution >= 0.6 is 0 Å². The predicted octanol–water partition coefficient (Wildman–Crippen LogP) is 1.45. The van der Waals surface area contributed by atoms with E-state index < -0.39 is 0 Å². The second-order valence-electron chi connectivity index (χ2n) is 7.35. The van der Waals surface area contributed by atoms with E-state index in [0.717, 1.165) is 18.7 Å². The van der Waals surface area contributed by atoms with Crippen LogP contribution in [-0.2, 0) is 16.1 Å². The Balaban J connectivity index is 1.22. The van der Waals surface area contributed by atoms with Gasteiger partial charge in [-0.15, -0.1) is 5.10 Å². The van der Waals surface area contributed by atoms with Crippen molar-refractivity contribution >= 4 is 17.6 Å². The zero-order chi connectivity index (χ0) is 19.5. The van der Waals surface area contributed by atoms with E-state index >= 15 is 0 Å². The van der Waals surface area contributed by atoms with Crippen LogP contribution in [0.15, 0.2) is 36.5 Å². The Kier molecular flexibility index (Phi) is 5.18. The molecule has 2 amide bonds. The maximum atomic E-state index is 12.3. The third-order valence-corrected chi connectivity index (χ3v) is 5.33. The zero-order valence-electron chi connectivity index (χ0n) is 15.7. The van der Waals surface area contributed by atoms with E-state index in [9.17, 15) is 14.4 Å². The SMILES string of the molecule is O=C(CCC(=O)N1CC(n2cc(CN3CCCC3=O)nn2)C1)c1ccccc1. The van der Waals surface area contributed by atoms with Gasteiger partial charge in [0.1, 0.15) is 5.69 Å². The van der Waals surface area contributed by atoms with Crippen molar-refractivity contribution in [3.63, 3.8) is 0 Å². The van der Waals surface area contributed by atoms with Gasteiger partial charge in [0.15, 0.2) is 5.78 Å². The summed E-state index contributed by atoms with van der Waals surface area (Å²) >= 11 is 0. The summed E-state index contributed by atoms with van der Waals surface area (Å²) in [5.41, 5.74) is 1.41. The quantitative estimate of drug-likeness (QED) is 0.678. The van der Waals surface area contributed by atoms with Crippen molar-refractivity contribution in [3.8, 4) is 0 Å². The third kappa shape index (κ3) is 3.95. The fraction of sp³-hybridized carbons (Fsp3) is 0.450. The fourth-order valence-corrected chi connectivity index (χ4v) is 3.60. The molecule has 2 fully saturated rings. The number of amides is 2. The number of likely N-dealkylation sites (tertiary alicyclic amines) is 2. The molecule has 8 nitrogen and oxygen atoms in total. The molecule has 0 atom stereocenters. The smallest absolute Gasteiger partial charge is 0.223 e. The first-order chi connectivity index (χ1) is 13.6. The van der Waals surface area contributed by atoms with Crippen molar-refractivity contribution in [2.24, 2.45) is 0 Å². The maximum absolute atomic E-state index is 12.3. The Hall–Kier alpha value is -3.03. The third-order valence-electron chi connectivity index (χ3n) is 5.33. The van der Waals surface area contributed by atoms with Crippen LogP contribution in [0, 0.1) is 0 Å². The Morgan fingerprint density at radius 3 is 2.61 bits per heavy atom. The van der Waals surface area contributed by atoms with E-state index in [0.29, 0.717) is 31.6 Å². The van der Waals surface area contributed by atoms with Gasteiger partial charge in [0.25, 0.3) is 0 Å². The van der Waals surface area contributed by atoms with Crippen molar-refractivity contribution in [3.05, 3.63) is 47.8 Å². The minimum atomic E-state index is -0.0107. The van der Waals surface area contributed by atoms with Gasteiger partial charge in [-0.1, -0.05) is 35.5 Å². The first-order valence-corrected chi connectivity index (χ1v) is 9.64. The van der Waals surface area contributed by atoms with Crippen molar-refractivity contribution < 1.29 is 14.4 Å². The topological polar surface area (TPSA) is 88.4 Å². The van der Waals surface area contributed by atoms with Crippen molar-refractivity contribution in [1.82, 2.24) is 24.8 Å². The number of Topliss-reactive ketones (excluding diaryl/α,β-unsaturated/α-hetero) is 1. The van der Waals surface area contributed by atoms with E-state index in [2.05, 4.69) is 10.3 Å². The van der Waals surface area contributed by atoms with Gasteiger partial charge >= 0.3 is 0 Å². The average Bonchev–Trinajstić information content (AvgIpc) is 3.29. The number of ketones is 1. The highest BCUT2D eigenvalue weighted by Crippen LogP contribution is 2.22. The molecule has 2 saturated heterocycles. The summed E-state index contributed by atoms with van der Waals surface area (Å²) in [6.45, 7) is 2.42. The molecular formula is C20H23N5O3. The summed E-state index contributed by atoms with van der Waals surface area (Å²) in [6.07, 6.45) is 3.82. The molecular weight excluding hydrogens is 358 g/mol. The van der Waals surface area contributed by atoms with Crippen molar-refractivity contribution in [2.45, 2.75) is 38.3 Å². The van der Waals surface area contributed by atoms with Gasteiger partial charge in [-0.25, -0.2) is 4.68 Å². The van der Waals surface area contributed by atoms with Crippen LogP contribution in [-0.4, -0.2) is 62.0 Å². The molecule has 28 heavy (non-hydrogen) atoms. The number of hydrogen-bond donors (Lipinski definition) is 0. The molecule has 1 aromatic heterocycles. The molecule has 2 aliphatic heterocycles. The van der Waals surface area contributed by atoms with Crippen LogP contribution in [0.1, 0.15) is 47.8 Å². The second-order valence-corrected chi connectivity index (χ2v) is 7.35. The van der Waals surface area contributed by atoms with Gasteiger partial charge in [0, 0.05) is 44.5 Å². The molecule has 8 heteroatoms. The van der Waals surface area contributed by atoms with E-state index in [-0.39, 0.29) is 36.5 Å². The first kappa shape index (κ1) is 18.3. The summed E-state index contributed by atoms with van der Waals surface area (Å²) in [6, 6.07) is 9.14. The zero-order valence-corrected chi connectivity index (χ0v) is 15.7. The van der Waals surface area contributed by atoms with Gasteiger partial charge in [-0.05, 0) is 6.42 Å². The number of hydrogen-bond acceptors (Lipinski definition) is 5. The first-order valence-electron chi connectivity index (χ1n) is 9.64. The lowest BCUT2D eigenvalue weighted by atomic mass is 10.0. The number of rotatable bonds is 7. The summed E-state index contributed by atoms with van der Waals surface area (Å²) in [5.74, 6) is 0.145. The summed E-state index contributed by atoms with van der Waals surface area (Å²) in [5, 5.41) is 8.30. The lowest BCUT2D eigenvalue weighted by molar-refractivity contribution is -0.137. The van der Waals surface area contributed by atoms with Crippen LogP contribution < -0.4 is 0 Å². The van der Waals surface area contributed by atoms with Gasteiger partial charge in [0.05, 0.1) is 18.8 Å². The van der Waals surface area contributed by atoms with Gasteiger partial charge in [-0.3, -0.25) is 14.4 Å². The van der Waals surface area contributed by atoms with Crippen LogP contribution in [0.25, 0.3) is 0 Å². The maximum Gasteiger partial charge on any atom is 0.223 e. The molecule has 2 aromatic rings. The molecule has 0 spiro atoms. The largest absolute Gasteiger partial charge is 0.338 e. The predicted molar refractivity (Wildman–Crippen MR) is 100 cm³/mol. The molecule has 0 unspecified atom stereocenters. The van der Waals surface area contributed by atoms with Crippen LogP contribution in [0.3, 0.4) is 0 Å². The Bertz CT molecular complexity index is 873. The second kappa shape index (κ2) is 7.92. The Labute approximate surface area is 163 Å². The monoisotopic (exact) mass is 381 g/mol. The lowest BCUT2D eigenvalue weighted by Gasteiger charge is -2.38. The van der Waals surface area contributed by atoms with Crippen LogP contribution in [0.2, 0.25) is 0 Å². The molecule has 2 aliphatic rings. The average molecular weight is 381 g/mol. The fourth-order valence-electron chi connectivity index (χ4n) is 3.60. The van der Waals surface area contributed by atoms with E-state index in [1.165, 1.54) is 0 Å². The van der Waals surface area contributed by atoms with E-state index in [4.69, 9.17) is 0 Å². The molecule has 4 rings (SSSR count). The Morgan fingerprint density at radius 1 is 1.11 bits per heavy atom. The number of carbonyl (C=O) groups excluding carboxylic acids is 3. The summed E-state index contributed by atoms with van der Waals surface area (Å²) < 4.78 is 1.77. The molecule has 0 saturated carbocycles. The van der Waals surface area contributed by atoms with Gasteiger partial charge in [0.2, 0.25) is 11.8 Å². The molecule has 3 heterocycles. The lowest BCUT2D eigenvalue weighted by Crippen LogP contribution is -2.50. The number of carbonyl (C=O) groups is 3. The molecule has 146 valence electrons. The highest BCUT2D eigenvalue weighted by Gasteiger charge is 2.33. The summed E-state index contributed by atoms with van der Waals surface area (Å²) in [7, 11) is 0. The van der Waals surface area contributed by atoms with E-state index in [1.807, 2.05) is 24.4 Å². The highest BCUT2D eigenvalue weighted by molar-refractivity contribution is 5.97. The van der Waals surface area contributed by atoms with Crippen molar-refractivity contribution in [1.29, 1.82) is 0 Å². The van der Waals surface area contributed by atoms with Gasteiger partial charge in [-0.2, -0.15) is 0 Å². The standard InChI is InChI=1S/C20H23N5O3/c26-18(15-5-2-1-3-6-15)8-9-20(28)24-13-17(14-24)25-12-16(21-22-25)11-23-10-4-7-19(23)27/h1-3,5-6,12,17H,4,7-11,13-14H2. The normalized spacial score (nSPS) is 17.1. The van der Waals surface area contributed by atoms with E-state index in [1.54, 1.807) is 26.6 Å². The molecule has 0 bridgehead atoms. The summed E-state index contributed by atoms with van der Waals surface area (Å²) in [4.78, 5) is 39.7.